The van der Waals surface area contributed by atoms with Crippen LogP contribution in [0.25, 0.3) is 0 Å². The first-order valence-corrected chi connectivity index (χ1v) is 13.3. The summed E-state index contributed by atoms with van der Waals surface area (Å²) in [6.07, 6.45) is 1.51. The number of ether oxygens (including phenoxy) is 2. The van der Waals surface area contributed by atoms with E-state index in [2.05, 4.69) is 0 Å². The Morgan fingerprint density at radius 3 is 2.37 bits per heavy atom. The Morgan fingerprint density at radius 1 is 1.09 bits per heavy atom. The smallest absolute Gasteiger partial charge is 0.309 e. The number of carbonyl (C=O) groups is 2. The number of esters is 1. The van der Waals surface area contributed by atoms with Gasteiger partial charge in [0.05, 0.1) is 31.1 Å². The maximum Gasteiger partial charge on any atom is 0.309 e. The van der Waals surface area contributed by atoms with E-state index in [0.29, 0.717) is 50.3 Å². The van der Waals surface area contributed by atoms with Crippen LogP contribution in [0, 0.1) is 12.8 Å². The third-order valence-electron chi connectivity index (χ3n) is 6.28. The number of piperidine rings is 1. The first-order chi connectivity index (χ1) is 16.8. The van der Waals surface area contributed by atoms with E-state index in [9.17, 15) is 18.0 Å². The van der Waals surface area contributed by atoms with Crippen LogP contribution in [-0.2, 0) is 30.8 Å². The lowest BCUT2D eigenvalue weighted by Crippen LogP contribution is -2.47. The molecule has 3 rings (SSSR count). The molecule has 190 valence electrons. The third kappa shape index (κ3) is 6.82. The fourth-order valence-corrected chi connectivity index (χ4v) is 5.69. The van der Waals surface area contributed by atoms with Crippen LogP contribution in [0.15, 0.2) is 53.4 Å². The summed E-state index contributed by atoms with van der Waals surface area (Å²) in [6.45, 7) is 4.59. The number of aryl methyl sites for hydroxylation is 1. The molecule has 1 aliphatic heterocycles. The first-order valence-electron chi connectivity index (χ1n) is 11.9. The highest BCUT2D eigenvalue weighted by Gasteiger charge is 2.32. The Kier molecular flexibility index (Phi) is 9.28. The molecule has 1 saturated heterocycles. The predicted octanol–water partition coefficient (Wildman–Crippen LogP) is 3.04. The van der Waals surface area contributed by atoms with E-state index < -0.39 is 10.0 Å². The minimum Gasteiger partial charge on any atom is -0.496 e. The highest BCUT2D eigenvalue weighted by atomic mass is 32.2. The lowest BCUT2D eigenvalue weighted by atomic mass is 9.97. The SMILES string of the molecule is CCOC(=O)C1CCN(C(=O)CN(CCc2ccccc2)S(=O)(=O)c2ccc(OC)c(C)c2)CC1. The number of hydrogen-bond donors (Lipinski definition) is 0. The van der Waals surface area contributed by atoms with Crippen molar-refractivity contribution in [2.75, 3.05) is 39.9 Å². The van der Waals surface area contributed by atoms with E-state index in [-0.39, 0.29) is 35.8 Å². The normalized spacial score (nSPS) is 14.7. The molecule has 8 nitrogen and oxygen atoms in total. The summed E-state index contributed by atoms with van der Waals surface area (Å²) in [5.74, 6) is -0.129. The van der Waals surface area contributed by atoms with Crippen LogP contribution in [0.2, 0.25) is 0 Å². The van der Waals surface area contributed by atoms with E-state index in [0.717, 1.165) is 5.56 Å². The molecule has 1 amide bonds. The minimum atomic E-state index is -3.93. The quantitative estimate of drug-likeness (QED) is 0.464. The topological polar surface area (TPSA) is 93.2 Å². The van der Waals surface area contributed by atoms with Gasteiger partial charge in [0, 0.05) is 19.6 Å². The molecule has 2 aromatic carbocycles. The number of likely N-dealkylation sites (tertiary alicyclic amines) is 1. The summed E-state index contributed by atoms with van der Waals surface area (Å²) >= 11 is 0. The van der Waals surface area contributed by atoms with Crippen molar-refractivity contribution in [3.63, 3.8) is 0 Å². The van der Waals surface area contributed by atoms with Crippen LogP contribution in [0.1, 0.15) is 30.9 Å². The molecule has 1 fully saturated rings. The van der Waals surface area contributed by atoms with Crippen molar-refractivity contribution in [1.29, 1.82) is 0 Å². The number of hydrogen-bond acceptors (Lipinski definition) is 6. The number of carbonyl (C=O) groups excluding carboxylic acids is 2. The summed E-state index contributed by atoms with van der Waals surface area (Å²) in [5.41, 5.74) is 1.69. The fraction of sp³-hybridized carbons (Fsp3) is 0.462. The summed E-state index contributed by atoms with van der Waals surface area (Å²) in [5, 5.41) is 0. The Bertz CT molecular complexity index is 1110. The van der Waals surface area contributed by atoms with Crippen molar-refractivity contribution in [2.24, 2.45) is 5.92 Å². The van der Waals surface area contributed by atoms with Crippen LogP contribution in [0.4, 0.5) is 0 Å². The van der Waals surface area contributed by atoms with Crippen LogP contribution in [0.5, 0.6) is 5.75 Å². The number of benzene rings is 2. The largest absolute Gasteiger partial charge is 0.496 e. The third-order valence-corrected chi connectivity index (χ3v) is 8.12. The Morgan fingerprint density at radius 2 is 1.77 bits per heavy atom. The van der Waals surface area contributed by atoms with Gasteiger partial charge in [-0.1, -0.05) is 30.3 Å². The minimum absolute atomic E-state index is 0.123. The average molecular weight is 503 g/mol. The van der Waals surface area contributed by atoms with Gasteiger partial charge in [-0.15, -0.1) is 0 Å². The monoisotopic (exact) mass is 502 g/mol. The van der Waals surface area contributed by atoms with E-state index in [1.165, 1.54) is 17.5 Å². The molecule has 0 atom stereocenters. The molecular weight excluding hydrogens is 468 g/mol. The van der Waals surface area contributed by atoms with Crippen molar-refractivity contribution >= 4 is 21.9 Å². The van der Waals surface area contributed by atoms with Crippen molar-refractivity contribution in [2.45, 2.75) is 38.0 Å². The number of amides is 1. The van der Waals surface area contributed by atoms with Crippen LogP contribution >= 0.6 is 0 Å². The summed E-state index contributed by atoms with van der Waals surface area (Å²) in [6, 6.07) is 14.3. The van der Waals surface area contributed by atoms with Crippen molar-refractivity contribution in [3.8, 4) is 5.75 Å². The molecule has 0 N–H and O–H groups in total. The van der Waals surface area contributed by atoms with Gasteiger partial charge in [0.15, 0.2) is 0 Å². The standard InChI is InChI=1S/C26H34N2O6S/c1-4-34-26(30)22-13-15-27(16-14-22)25(29)19-28(17-12-21-8-6-5-7-9-21)35(31,32)23-10-11-24(33-3)20(2)18-23/h5-11,18,22H,4,12-17,19H2,1-3H3. The molecule has 0 aromatic heterocycles. The zero-order chi connectivity index (χ0) is 25.4. The zero-order valence-corrected chi connectivity index (χ0v) is 21.4. The molecular formula is C26H34N2O6S. The molecule has 35 heavy (non-hydrogen) atoms. The maximum atomic E-state index is 13.6. The van der Waals surface area contributed by atoms with Gasteiger partial charge in [0.25, 0.3) is 0 Å². The van der Waals surface area contributed by atoms with Crippen molar-refractivity contribution in [1.82, 2.24) is 9.21 Å². The van der Waals surface area contributed by atoms with Crippen molar-refractivity contribution < 1.29 is 27.5 Å². The van der Waals surface area contributed by atoms with Gasteiger partial charge in [-0.3, -0.25) is 9.59 Å². The van der Waals surface area contributed by atoms with Gasteiger partial charge in [-0.2, -0.15) is 4.31 Å². The zero-order valence-electron chi connectivity index (χ0n) is 20.6. The van der Waals surface area contributed by atoms with Gasteiger partial charge < -0.3 is 14.4 Å². The summed E-state index contributed by atoms with van der Waals surface area (Å²) < 4.78 is 38.8. The molecule has 1 heterocycles. The molecule has 1 aliphatic rings. The van der Waals surface area contributed by atoms with Gasteiger partial charge in [0.1, 0.15) is 5.75 Å². The Balaban J connectivity index is 1.76. The lowest BCUT2D eigenvalue weighted by Gasteiger charge is -2.32. The van der Waals surface area contributed by atoms with Crippen molar-refractivity contribution in [3.05, 3.63) is 59.7 Å². The number of sulfonamides is 1. The molecule has 0 unspecified atom stereocenters. The maximum absolute atomic E-state index is 13.6. The molecule has 0 bridgehead atoms. The Hall–Kier alpha value is -2.91. The lowest BCUT2D eigenvalue weighted by molar-refractivity contribution is -0.151. The summed E-state index contributed by atoms with van der Waals surface area (Å²) in [7, 11) is -2.39. The average Bonchev–Trinajstić information content (AvgIpc) is 2.87. The van der Waals surface area contributed by atoms with E-state index in [4.69, 9.17) is 9.47 Å². The second-order valence-corrected chi connectivity index (χ2v) is 10.6. The van der Waals surface area contributed by atoms with E-state index in [1.807, 2.05) is 30.3 Å². The van der Waals surface area contributed by atoms with Crippen LogP contribution in [0.3, 0.4) is 0 Å². The van der Waals surface area contributed by atoms with Crippen LogP contribution < -0.4 is 4.74 Å². The second kappa shape index (κ2) is 12.2. The molecule has 0 radical (unpaired) electrons. The van der Waals surface area contributed by atoms with E-state index in [1.54, 1.807) is 30.9 Å². The summed E-state index contributed by atoms with van der Waals surface area (Å²) in [4.78, 5) is 26.9. The number of rotatable bonds is 10. The number of methoxy groups -OCH3 is 1. The molecule has 0 aliphatic carbocycles. The Labute approximate surface area is 207 Å². The highest BCUT2D eigenvalue weighted by molar-refractivity contribution is 7.89. The number of nitrogens with zero attached hydrogens (tertiary/aromatic N) is 2. The van der Waals surface area contributed by atoms with Gasteiger partial charge in [0.2, 0.25) is 15.9 Å². The first kappa shape index (κ1) is 26.7. The molecule has 0 spiro atoms. The highest BCUT2D eigenvalue weighted by Crippen LogP contribution is 2.25. The van der Waals surface area contributed by atoms with E-state index >= 15 is 0 Å². The molecule has 0 saturated carbocycles. The van der Waals surface area contributed by atoms with Crippen LogP contribution in [-0.4, -0.2) is 69.4 Å². The van der Waals surface area contributed by atoms with Gasteiger partial charge >= 0.3 is 5.97 Å². The fourth-order valence-electron chi connectivity index (χ4n) is 4.22. The second-order valence-electron chi connectivity index (χ2n) is 8.61. The molecule has 2 aromatic rings. The van der Waals surface area contributed by atoms with Gasteiger partial charge in [-0.25, -0.2) is 8.42 Å². The predicted molar refractivity (Wildman–Crippen MR) is 133 cm³/mol. The molecule has 9 heteroatoms. The van der Waals surface area contributed by atoms with Gasteiger partial charge in [-0.05, 0) is 62.4 Å².